The molecular formula is C14H15F2NOS. The fraction of sp³-hybridized carbons (Fsp3) is 0.286. The van der Waals surface area contributed by atoms with E-state index in [1.165, 1.54) is 4.88 Å². The van der Waals surface area contributed by atoms with Gasteiger partial charge in [0.05, 0.1) is 0 Å². The molecule has 2 nitrogen and oxygen atoms in total. The molecule has 0 amide bonds. The lowest BCUT2D eigenvalue weighted by molar-refractivity contribution is 0.206. The quantitative estimate of drug-likeness (QED) is 0.875. The molecule has 0 aliphatic heterocycles. The molecule has 0 spiro atoms. The number of ether oxygens (including phenoxy) is 1. The topological polar surface area (TPSA) is 21.3 Å². The highest BCUT2D eigenvalue weighted by Crippen LogP contribution is 2.19. The van der Waals surface area contributed by atoms with Crippen LogP contribution in [0.2, 0.25) is 0 Å². The van der Waals surface area contributed by atoms with Crippen molar-refractivity contribution in [3.8, 4) is 5.75 Å². The number of rotatable bonds is 6. The van der Waals surface area contributed by atoms with Crippen molar-refractivity contribution in [1.29, 1.82) is 0 Å². The molecule has 1 aromatic heterocycles. The molecule has 19 heavy (non-hydrogen) atoms. The Hall–Kier alpha value is -1.46. The standard InChI is InChI=1S/C14H15F2NOS/c1-10(8-17-9-12-3-2-6-19-12)18-14-7-11(15)4-5-13(14)16/h2-7,10,17H,8-9H2,1H3. The second-order valence-electron chi connectivity index (χ2n) is 4.21. The number of hydrogen-bond acceptors (Lipinski definition) is 3. The van der Waals surface area contributed by atoms with Gasteiger partial charge in [0.25, 0.3) is 0 Å². The van der Waals surface area contributed by atoms with Crippen molar-refractivity contribution in [2.75, 3.05) is 6.54 Å². The normalized spacial score (nSPS) is 12.4. The van der Waals surface area contributed by atoms with Crippen LogP contribution in [0.3, 0.4) is 0 Å². The molecule has 0 saturated heterocycles. The molecule has 0 bridgehead atoms. The Morgan fingerprint density at radius 1 is 1.32 bits per heavy atom. The summed E-state index contributed by atoms with van der Waals surface area (Å²) < 4.78 is 31.7. The van der Waals surface area contributed by atoms with Crippen LogP contribution in [0.1, 0.15) is 11.8 Å². The molecule has 1 N–H and O–H groups in total. The highest BCUT2D eigenvalue weighted by Gasteiger charge is 2.09. The van der Waals surface area contributed by atoms with Gasteiger partial charge in [-0.2, -0.15) is 0 Å². The van der Waals surface area contributed by atoms with E-state index in [2.05, 4.69) is 5.32 Å². The third-order valence-corrected chi connectivity index (χ3v) is 3.41. The van der Waals surface area contributed by atoms with Gasteiger partial charge in [-0.3, -0.25) is 0 Å². The molecule has 1 unspecified atom stereocenters. The fourth-order valence-electron chi connectivity index (χ4n) is 1.64. The number of thiophene rings is 1. The smallest absolute Gasteiger partial charge is 0.165 e. The zero-order chi connectivity index (χ0) is 13.7. The summed E-state index contributed by atoms with van der Waals surface area (Å²) in [4.78, 5) is 1.23. The van der Waals surface area contributed by atoms with Gasteiger partial charge in [-0.15, -0.1) is 11.3 Å². The average molecular weight is 283 g/mol. The molecular weight excluding hydrogens is 268 g/mol. The zero-order valence-corrected chi connectivity index (χ0v) is 11.3. The van der Waals surface area contributed by atoms with Gasteiger partial charge in [0, 0.05) is 24.0 Å². The van der Waals surface area contributed by atoms with E-state index in [0.717, 1.165) is 24.7 Å². The number of benzene rings is 1. The molecule has 1 aromatic carbocycles. The van der Waals surface area contributed by atoms with Crippen LogP contribution in [0.5, 0.6) is 5.75 Å². The van der Waals surface area contributed by atoms with E-state index in [4.69, 9.17) is 4.74 Å². The molecule has 0 radical (unpaired) electrons. The first-order valence-electron chi connectivity index (χ1n) is 6.00. The minimum Gasteiger partial charge on any atom is -0.486 e. The molecule has 1 heterocycles. The first kappa shape index (κ1) is 14.0. The van der Waals surface area contributed by atoms with Crippen LogP contribution in [0.25, 0.3) is 0 Å². The van der Waals surface area contributed by atoms with Gasteiger partial charge >= 0.3 is 0 Å². The van der Waals surface area contributed by atoms with E-state index < -0.39 is 11.6 Å². The molecule has 2 rings (SSSR count). The lowest BCUT2D eigenvalue weighted by Crippen LogP contribution is -2.28. The minimum absolute atomic E-state index is 0.0505. The predicted molar refractivity (Wildman–Crippen MR) is 72.5 cm³/mol. The highest BCUT2D eigenvalue weighted by atomic mass is 32.1. The SMILES string of the molecule is CC(CNCc1cccs1)Oc1cc(F)ccc1F. The Balaban J connectivity index is 1.80. The van der Waals surface area contributed by atoms with Crippen LogP contribution in [0, 0.1) is 11.6 Å². The summed E-state index contributed by atoms with van der Waals surface area (Å²) in [7, 11) is 0. The summed E-state index contributed by atoms with van der Waals surface area (Å²) in [6.45, 7) is 3.12. The van der Waals surface area contributed by atoms with Crippen LogP contribution < -0.4 is 10.1 Å². The second kappa shape index (κ2) is 6.63. The van der Waals surface area contributed by atoms with Gasteiger partial charge in [-0.25, -0.2) is 8.78 Å². The van der Waals surface area contributed by atoms with Crippen molar-refractivity contribution in [2.24, 2.45) is 0 Å². The van der Waals surface area contributed by atoms with Gasteiger partial charge in [0.1, 0.15) is 11.9 Å². The van der Waals surface area contributed by atoms with Crippen LogP contribution >= 0.6 is 11.3 Å². The molecule has 5 heteroatoms. The summed E-state index contributed by atoms with van der Waals surface area (Å²) >= 11 is 1.67. The highest BCUT2D eigenvalue weighted by molar-refractivity contribution is 7.09. The third-order valence-electron chi connectivity index (χ3n) is 2.53. The first-order valence-corrected chi connectivity index (χ1v) is 6.88. The number of hydrogen-bond donors (Lipinski definition) is 1. The van der Waals surface area contributed by atoms with E-state index in [1.807, 2.05) is 24.4 Å². The third kappa shape index (κ3) is 4.29. The summed E-state index contributed by atoms with van der Waals surface area (Å²) in [5.74, 6) is -1.10. The number of halogens is 2. The maximum Gasteiger partial charge on any atom is 0.165 e. The Morgan fingerprint density at radius 3 is 2.89 bits per heavy atom. The van der Waals surface area contributed by atoms with E-state index in [1.54, 1.807) is 11.3 Å². The van der Waals surface area contributed by atoms with Crippen molar-refractivity contribution >= 4 is 11.3 Å². The molecule has 102 valence electrons. The van der Waals surface area contributed by atoms with E-state index in [9.17, 15) is 8.78 Å². The molecule has 0 fully saturated rings. The predicted octanol–water partition coefficient (Wildman–Crippen LogP) is 3.58. The van der Waals surface area contributed by atoms with Gasteiger partial charge in [0.15, 0.2) is 11.6 Å². The Labute approximate surface area is 115 Å². The van der Waals surface area contributed by atoms with E-state index in [0.29, 0.717) is 6.54 Å². The maximum absolute atomic E-state index is 13.4. The molecule has 2 aromatic rings. The van der Waals surface area contributed by atoms with Gasteiger partial charge in [0.2, 0.25) is 0 Å². The lowest BCUT2D eigenvalue weighted by atomic mass is 10.3. The van der Waals surface area contributed by atoms with Crippen LogP contribution in [0.15, 0.2) is 35.7 Å². The van der Waals surface area contributed by atoms with Crippen molar-refractivity contribution in [2.45, 2.75) is 19.6 Å². The van der Waals surface area contributed by atoms with Crippen molar-refractivity contribution < 1.29 is 13.5 Å². The number of nitrogens with one attached hydrogen (secondary N) is 1. The molecule has 0 aliphatic carbocycles. The monoisotopic (exact) mass is 283 g/mol. The summed E-state index contributed by atoms with van der Waals surface area (Å²) in [6.07, 6.45) is -0.240. The average Bonchev–Trinajstić information content (AvgIpc) is 2.87. The van der Waals surface area contributed by atoms with Gasteiger partial charge < -0.3 is 10.1 Å². The molecule has 1 atom stereocenters. The minimum atomic E-state index is -0.550. The first-order chi connectivity index (χ1) is 9.15. The largest absolute Gasteiger partial charge is 0.486 e. The van der Waals surface area contributed by atoms with Crippen LogP contribution in [-0.4, -0.2) is 12.6 Å². The van der Waals surface area contributed by atoms with E-state index in [-0.39, 0.29) is 11.9 Å². The fourth-order valence-corrected chi connectivity index (χ4v) is 2.31. The molecule has 0 saturated carbocycles. The Kier molecular flexibility index (Phi) is 4.87. The van der Waals surface area contributed by atoms with Crippen molar-refractivity contribution in [1.82, 2.24) is 5.32 Å². The lowest BCUT2D eigenvalue weighted by Gasteiger charge is -2.15. The second-order valence-corrected chi connectivity index (χ2v) is 5.25. The summed E-state index contributed by atoms with van der Waals surface area (Å²) in [5, 5.41) is 5.22. The van der Waals surface area contributed by atoms with E-state index >= 15 is 0 Å². The van der Waals surface area contributed by atoms with Crippen molar-refractivity contribution in [3.05, 3.63) is 52.2 Å². The maximum atomic E-state index is 13.4. The van der Waals surface area contributed by atoms with Gasteiger partial charge in [-0.05, 0) is 30.5 Å². The Morgan fingerprint density at radius 2 is 2.16 bits per heavy atom. The zero-order valence-electron chi connectivity index (χ0n) is 10.5. The van der Waals surface area contributed by atoms with Crippen LogP contribution in [-0.2, 0) is 6.54 Å². The van der Waals surface area contributed by atoms with Crippen molar-refractivity contribution in [3.63, 3.8) is 0 Å². The van der Waals surface area contributed by atoms with Crippen LogP contribution in [0.4, 0.5) is 8.78 Å². The Bertz CT molecular complexity index is 516. The molecule has 0 aliphatic rings. The summed E-state index contributed by atoms with van der Waals surface area (Å²) in [6, 6.07) is 7.22. The summed E-state index contributed by atoms with van der Waals surface area (Å²) in [5.41, 5.74) is 0. The van der Waals surface area contributed by atoms with Gasteiger partial charge in [-0.1, -0.05) is 6.07 Å².